The number of benzene rings is 1. The number of rotatable bonds is 11. The van der Waals surface area contributed by atoms with Crippen molar-refractivity contribution in [3.05, 3.63) is 45.9 Å². The van der Waals surface area contributed by atoms with E-state index in [0.29, 0.717) is 13.2 Å². The quantitative estimate of drug-likeness (QED) is 0.559. The number of hydrogen-bond donors (Lipinski definition) is 2. The van der Waals surface area contributed by atoms with Gasteiger partial charge in [-0.3, -0.25) is 4.90 Å². The Hall–Kier alpha value is -1.51. The second-order valence-electron chi connectivity index (χ2n) is 7.17. The predicted molar refractivity (Wildman–Crippen MR) is 112 cm³/mol. The van der Waals surface area contributed by atoms with E-state index >= 15 is 0 Å². The Morgan fingerprint density at radius 3 is 3.00 bits per heavy atom. The van der Waals surface area contributed by atoms with Crippen LogP contribution < -0.4 is 10.1 Å². The van der Waals surface area contributed by atoms with Crippen molar-refractivity contribution in [1.82, 2.24) is 15.2 Å². The SMILES string of the molecule is Cc1ncsc1CCCNCc1cccc(OC[C@@H](O)CN2CCOCC2)c1. The van der Waals surface area contributed by atoms with Gasteiger partial charge in [0.25, 0.3) is 0 Å². The molecule has 2 heterocycles. The number of β-amino-alcohol motifs (C(OH)–C–C–N with tert-alkyl or cyclic N) is 1. The van der Waals surface area contributed by atoms with Gasteiger partial charge in [0.2, 0.25) is 0 Å². The van der Waals surface area contributed by atoms with Gasteiger partial charge in [0.15, 0.2) is 0 Å². The molecule has 1 fully saturated rings. The Balaban J connectivity index is 1.33. The van der Waals surface area contributed by atoms with Crippen molar-refractivity contribution >= 4 is 11.3 Å². The van der Waals surface area contributed by atoms with Crippen molar-refractivity contribution in [3.63, 3.8) is 0 Å². The molecule has 2 N–H and O–H groups in total. The van der Waals surface area contributed by atoms with Gasteiger partial charge in [0, 0.05) is 31.1 Å². The van der Waals surface area contributed by atoms with Crippen LogP contribution in [0.4, 0.5) is 0 Å². The highest BCUT2D eigenvalue weighted by Crippen LogP contribution is 2.15. The summed E-state index contributed by atoms with van der Waals surface area (Å²) in [5.74, 6) is 0.806. The van der Waals surface area contributed by atoms with E-state index in [0.717, 1.165) is 63.7 Å². The first-order chi connectivity index (χ1) is 13.7. The second kappa shape index (κ2) is 11.5. The highest BCUT2D eigenvalue weighted by atomic mass is 32.1. The summed E-state index contributed by atoms with van der Waals surface area (Å²) in [5.41, 5.74) is 4.27. The van der Waals surface area contributed by atoms with Crippen LogP contribution in [0, 0.1) is 6.92 Å². The lowest BCUT2D eigenvalue weighted by molar-refractivity contribution is 0.00465. The third-order valence-electron chi connectivity index (χ3n) is 4.84. The first-order valence-corrected chi connectivity index (χ1v) is 10.9. The van der Waals surface area contributed by atoms with Gasteiger partial charge in [-0.05, 0) is 44.0 Å². The van der Waals surface area contributed by atoms with Gasteiger partial charge in [0.05, 0.1) is 24.4 Å². The molecule has 1 aliphatic heterocycles. The fraction of sp³-hybridized carbons (Fsp3) is 0.571. The summed E-state index contributed by atoms with van der Waals surface area (Å²) in [5, 5.41) is 13.7. The molecule has 1 aromatic heterocycles. The van der Waals surface area contributed by atoms with E-state index in [1.54, 1.807) is 11.3 Å². The number of morpholine rings is 1. The van der Waals surface area contributed by atoms with Crippen molar-refractivity contribution < 1.29 is 14.6 Å². The van der Waals surface area contributed by atoms with Crippen LogP contribution in [0.2, 0.25) is 0 Å². The molecule has 0 unspecified atom stereocenters. The minimum atomic E-state index is -0.491. The van der Waals surface area contributed by atoms with Crippen molar-refractivity contribution in [2.45, 2.75) is 32.4 Å². The summed E-state index contributed by atoms with van der Waals surface area (Å²) in [6.45, 7) is 8.03. The largest absolute Gasteiger partial charge is 0.491 e. The van der Waals surface area contributed by atoms with E-state index in [-0.39, 0.29) is 0 Å². The van der Waals surface area contributed by atoms with Crippen LogP contribution in [-0.2, 0) is 17.7 Å². The zero-order chi connectivity index (χ0) is 19.6. The number of nitrogens with one attached hydrogen (secondary N) is 1. The molecule has 2 aromatic rings. The number of ether oxygens (including phenoxy) is 2. The summed E-state index contributed by atoms with van der Waals surface area (Å²) < 4.78 is 11.1. The number of aryl methyl sites for hydroxylation is 2. The number of hydrogen-bond acceptors (Lipinski definition) is 7. The molecule has 154 valence electrons. The number of aliphatic hydroxyl groups is 1. The van der Waals surface area contributed by atoms with E-state index in [1.165, 1.54) is 10.4 Å². The first-order valence-electron chi connectivity index (χ1n) is 10.0. The fourth-order valence-corrected chi connectivity index (χ4v) is 4.07. The molecule has 0 saturated carbocycles. The Kier molecular flexibility index (Phi) is 8.70. The Labute approximate surface area is 171 Å². The summed E-state index contributed by atoms with van der Waals surface area (Å²) in [6.07, 6.45) is 1.69. The number of aromatic nitrogens is 1. The van der Waals surface area contributed by atoms with Crippen LogP contribution >= 0.6 is 11.3 Å². The maximum Gasteiger partial charge on any atom is 0.119 e. The Morgan fingerprint density at radius 1 is 1.36 bits per heavy atom. The van der Waals surface area contributed by atoms with Crippen molar-refractivity contribution in [1.29, 1.82) is 0 Å². The summed E-state index contributed by atoms with van der Waals surface area (Å²) in [4.78, 5) is 7.89. The van der Waals surface area contributed by atoms with Gasteiger partial charge in [-0.25, -0.2) is 4.98 Å². The van der Waals surface area contributed by atoms with Gasteiger partial charge in [-0.2, -0.15) is 0 Å². The van der Waals surface area contributed by atoms with Gasteiger partial charge >= 0.3 is 0 Å². The first kappa shape index (κ1) is 21.2. The Bertz CT molecular complexity index is 704. The van der Waals surface area contributed by atoms with Crippen molar-refractivity contribution in [2.24, 2.45) is 0 Å². The van der Waals surface area contributed by atoms with Gasteiger partial charge in [0.1, 0.15) is 18.5 Å². The molecule has 0 bridgehead atoms. The molecule has 3 rings (SSSR count). The molecule has 1 saturated heterocycles. The molecule has 0 aliphatic carbocycles. The highest BCUT2D eigenvalue weighted by Gasteiger charge is 2.15. The number of aliphatic hydroxyl groups excluding tert-OH is 1. The minimum Gasteiger partial charge on any atom is -0.491 e. The number of nitrogens with zero attached hydrogens (tertiary/aromatic N) is 2. The predicted octanol–water partition coefficient (Wildman–Crippen LogP) is 2.25. The van der Waals surface area contributed by atoms with E-state index in [2.05, 4.69) is 28.2 Å². The molecular formula is C21H31N3O3S. The molecule has 0 spiro atoms. The topological polar surface area (TPSA) is 66.9 Å². The molecule has 1 atom stereocenters. The zero-order valence-corrected chi connectivity index (χ0v) is 17.4. The monoisotopic (exact) mass is 405 g/mol. The third kappa shape index (κ3) is 7.14. The average Bonchev–Trinajstić information content (AvgIpc) is 3.12. The number of thiazole rings is 1. The van der Waals surface area contributed by atoms with Gasteiger partial charge in [-0.15, -0.1) is 11.3 Å². The van der Waals surface area contributed by atoms with Crippen LogP contribution in [0.15, 0.2) is 29.8 Å². The lowest BCUT2D eigenvalue weighted by Crippen LogP contribution is -2.42. The van der Waals surface area contributed by atoms with Crippen molar-refractivity contribution in [3.8, 4) is 5.75 Å². The molecule has 0 radical (unpaired) electrons. The van der Waals surface area contributed by atoms with Gasteiger partial charge < -0.3 is 19.9 Å². The summed E-state index contributed by atoms with van der Waals surface area (Å²) >= 11 is 1.74. The smallest absolute Gasteiger partial charge is 0.119 e. The maximum atomic E-state index is 10.2. The van der Waals surface area contributed by atoms with Crippen LogP contribution in [0.25, 0.3) is 0 Å². The Morgan fingerprint density at radius 2 is 2.21 bits per heavy atom. The van der Waals surface area contributed by atoms with E-state index < -0.39 is 6.10 Å². The van der Waals surface area contributed by atoms with Gasteiger partial charge in [-0.1, -0.05) is 12.1 Å². The van der Waals surface area contributed by atoms with Crippen LogP contribution in [0.3, 0.4) is 0 Å². The molecular weight excluding hydrogens is 374 g/mol. The normalized spacial score (nSPS) is 16.2. The summed E-state index contributed by atoms with van der Waals surface area (Å²) in [7, 11) is 0. The van der Waals surface area contributed by atoms with Crippen LogP contribution in [0.1, 0.15) is 22.6 Å². The van der Waals surface area contributed by atoms with Crippen LogP contribution in [-0.4, -0.2) is 67.1 Å². The second-order valence-corrected chi connectivity index (χ2v) is 8.11. The minimum absolute atomic E-state index is 0.308. The standard InChI is InChI=1S/C21H31N3O3S/c1-17-21(28-16-23-17)6-3-7-22-13-18-4-2-5-20(12-18)27-15-19(25)14-24-8-10-26-11-9-24/h2,4-5,12,16,19,22,25H,3,6-11,13-15H2,1H3/t19-/m0/s1. The maximum absolute atomic E-state index is 10.2. The van der Waals surface area contributed by atoms with Crippen LogP contribution in [0.5, 0.6) is 5.75 Å². The molecule has 28 heavy (non-hydrogen) atoms. The molecule has 1 aromatic carbocycles. The molecule has 1 aliphatic rings. The highest BCUT2D eigenvalue weighted by molar-refractivity contribution is 7.09. The molecule has 0 amide bonds. The van der Waals surface area contributed by atoms with E-state index in [9.17, 15) is 5.11 Å². The fourth-order valence-electron chi connectivity index (χ4n) is 3.24. The van der Waals surface area contributed by atoms with Crippen molar-refractivity contribution in [2.75, 3.05) is 46.0 Å². The summed E-state index contributed by atoms with van der Waals surface area (Å²) in [6, 6.07) is 8.08. The lowest BCUT2D eigenvalue weighted by atomic mass is 10.2. The molecule has 6 nitrogen and oxygen atoms in total. The van der Waals surface area contributed by atoms with E-state index in [1.807, 2.05) is 23.7 Å². The zero-order valence-electron chi connectivity index (χ0n) is 16.6. The lowest BCUT2D eigenvalue weighted by Gasteiger charge is -2.28. The molecule has 7 heteroatoms. The van der Waals surface area contributed by atoms with E-state index in [4.69, 9.17) is 9.47 Å². The third-order valence-corrected chi connectivity index (χ3v) is 5.84. The average molecular weight is 406 g/mol.